The van der Waals surface area contributed by atoms with Crippen molar-refractivity contribution in [2.75, 3.05) is 18.6 Å². The van der Waals surface area contributed by atoms with E-state index in [1.165, 1.54) is 4.90 Å². The Morgan fingerprint density at radius 2 is 1.92 bits per heavy atom. The highest BCUT2D eigenvalue weighted by atomic mass is 16.6. The average molecular weight is 344 g/mol. The molecule has 8 heteroatoms. The lowest BCUT2D eigenvalue weighted by molar-refractivity contribution is -0.120. The first kappa shape index (κ1) is 16.9. The molecule has 0 spiro atoms. The molecule has 1 aromatic carbocycles. The molecule has 0 radical (unpaired) electrons. The Kier molecular flexibility index (Phi) is 4.20. The van der Waals surface area contributed by atoms with Gasteiger partial charge in [-0.05, 0) is 26.8 Å². The van der Waals surface area contributed by atoms with Gasteiger partial charge < -0.3 is 19.7 Å². The molecule has 1 aromatic heterocycles. The second-order valence-corrected chi connectivity index (χ2v) is 6.77. The van der Waals surface area contributed by atoms with Gasteiger partial charge in [-0.2, -0.15) is 0 Å². The van der Waals surface area contributed by atoms with Crippen molar-refractivity contribution in [3.8, 4) is 5.75 Å². The van der Waals surface area contributed by atoms with Crippen LogP contribution in [0.5, 0.6) is 5.75 Å². The summed E-state index contributed by atoms with van der Waals surface area (Å²) in [5.41, 5.74) is 1.25. The quantitative estimate of drug-likeness (QED) is 0.849. The van der Waals surface area contributed by atoms with Crippen LogP contribution in [0.2, 0.25) is 0 Å². The lowest BCUT2D eigenvalue weighted by Crippen LogP contribution is -2.50. The minimum Gasteiger partial charge on any atom is -0.489 e. The molecule has 0 bridgehead atoms. The molecule has 0 saturated heterocycles. The number of hydrogen-bond donors (Lipinski definition) is 1. The normalized spacial score (nSPS) is 17.5. The van der Waals surface area contributed by atoms with Gasteiger partial charge in [0.15, 0.2) is 0 Å². The van der Waals surface area contributed by atoms with Crippen LogP contribution >= 0.6 is 0 Å². The Hall–Kier alpha value is -2.90. The van der Waals surface area contributed by atoms with Crippen LogP contribution in [0.15, 0.2) is 24.5 Å². The minimum absolute atomic E-state index is 0.00118. The van der Waals surface area contributed by atoms with Gasteiger partial charge in [0.05, 0.1) is 16.7 Å². The summed E-state index contributed by atoms with van der Waals surface area (Å²) in [6.45, 7) is 5.27. The zero-order valence-electron chi connectivity index (χ0n) is 14.6. The fourth-order valence-electron chi connectivity index (χ4n) is 2.51. The van der Waals surface area contributed by atoms with E-state index in [-0.39, 0.29) is 12.5 Å². The van der Waals surface area contributed by atoms with Crippen molar-refractivity contribution in [1.29, 1.82) is 0 Å². The van der Waals surface area contributed by atoms with E-state index in [4.69, 9.17) is 9.47 Å². The predicted molar refractivity (Wildman–Crippen MR) is 91.6 cm³/mol. The van der Waals surface area contributed by atoms with Crippen molar-refractivity contribution in [2.24, 2.45) is 0 Å². The number of ether oxygens (including phenoxy) is 2. The summed E-state index contributed by atoms with van der Waals surface area (Å²) in [6.07, 6.45) is 2.51. The number of nitrogens with one attached hydrogen (secondary N) is 1. The lowest BCUT2D eigenvalue weighted by atomic mass is 10.2. The number of hydrogen-bond acceptors (Lipinski definition) is 6. The van der Waals surface area contributed by atoms with Crippen LogP contribution in [0.1, 0.15) is 20.8 Å². The summed E-state index contributed by atoms with van der Waals surface area (Å²) >= 11 is 0. The SMILES string of the molecule is CN1C(=O)[C@@H](NC(=O)OC(C)(C)C)COc2cc3nccnc3cc21. The van der Waals surface area contributed by atoms with Crippen LogP contribution in [0.4, 0.5) is 10.5 Å². The van der Waals surface area contributed by atoms with Crippen LogP contribution in [-0.4, -0.2) is 47.3 Å². The summed E-state index contributed by atoms with van der Waals surface area (Å²) in [4.78, 5) is 34.6. The maximum absolute atomic E-state index is 12.7. The number of anilines is 1. The molecule has 3 rings (SSSR count). The number of carbonyl (C=O) groups excluding carboxylic acids is 2. The first-order valence-corrected chi connectivity index (χ1v) is 7.89. The fraction of sp³-hybridized carbons (Fsp3) is 0.412. The molecule has 8 nitrogen and oxygen atoms in total. The molecule has 25 heavy (non-hydrogen) atoms. The molecule has 0 saturated carbocycles. The molecule has 1 aliphatic heterocycles. The standard InChI is InChI=1S/C17H20N4O4/c1-17(2,3)25-16(23)20-12-9-24-14-8-11-10(18-5-6-19-11)7-13(14)21(4)15(12)22/h5-8,12H,9H2,1-4H3,(H,20,23)/t12-/m0/s1. The van der Waals surface area contributed by atoms with Crippen molar-refractivity contribution >= 4 is 28.7 Å². The van der Waals surface area contributed by atoms with Gasteiger partial charge in [-0.15, -0.1) is 0 Å². The average Bonchev–Trinajstić information content (AvgIpc) is 2.64. The van der Waals surface area contributed by atoms with Gasteiger partial charge in [-0.1, -0.05) is 0 Å². The van der Waals surface area contributed by atoms with Gasteiger partial charge in [0, 0.05) is 25.5 Å². The monoisotopic (exact) mass is 344 g/mol. The highest BCUT2D eigenvalue weighted by molar-refractivity contribution is 6.01. The summed E-state index contributed by atoms with van der Waals surface area (Å²) in [7, 11) is 1.63. The Labute approximate surface area is 145 Å². The van der Waals surface area contributed by atoms with Gasteiger partial charge in [0.25, 0.3) is 5.91 Å². The highest BCUT2D eigenvalue weighted by Crippen LogP contribution is 2.33. The minimum atomic E-state index is -0.851. The van der Waals surface area contributed by atoms with Crippen molar-refractivity contribution < 1.29 is 19.1 Å². The molecule has 1 aliphatic rings. The maximum atomic E-state index is 12.7. The third-order valence-electron chi connectivity index (χ3n) is 3.64. The number of likely N-dealkylation sites (N-methyl/N-ethyl adjacent to an activating group) is 1. The topological polar surface area (TPSA) is 93.7 Å². The highest BCUT2D eigenvalue weighted by Gasteiger charge is 2.32. The number of benzene rings is 1. The Bertz CT molecular complexity index is 831. The first-order valence-electron chi connectivity index (χ1n) is 7.89. The van der Waals surface area contributed by atoms with Crippen LogP contribution in [-0.2, 0) is 9.53 Å². The molecule has 2 aromatic rings. The van der Waals surface area contributed by atoms with Crippen molar-refractivity contribution in [1.82, 2.24) is 15.3 Å². The molecule has 2 amide bonds. The second kappa shape index (κ2) is 6.19. The molecule has 1 atom stereocenters. The van der Waals surface area contributed by atoms with Crippen molar-refractivity contribution in [3.05, 3.63) is 24.5 Å². The van der Waals surface area contributed by atoms with Gasteiger partial charge in [0.2, 0.25) is 0 Å². The smallest absolute Gasteiger partial charge is 0.408 e. The van der Waals surface area contributed by atoms with Gasteiger partial charge in [-0.3, -0.25) is 14.8 Å². The van der Waals surface area contributed by atoms with E-state index in [2.05, 4.69) is 15.3 Å². The van der Waals surface area contributed by atoms with E-state index in [0.717, 1.165) is 0 Å². The molecular weight excluding hydrogens is 324 g/mol. The van der Waals surface area contributed by atoms with Crippen molar-refractivity contribution in [3.63, 3.8) is 0 Å². The molecule has 1 N–H and O–H groups in total. The van der Waals surface area contributed by atoms with Crippen LogP contribution in [0.3, 0.4) is 0 Å². The summed E-state index contributed by atoms with van der Waals surface area (Å²) in [5.74, 6) is 0.213. The maximum Gasteiger partial charge on any atom is 0.408 e. The third-order valence-corrected chi connectivity index (χ3v) is 3.64. The number of alkyl carbamates (subject to hydrolysis) is 1. The van der Waals surface area contributed by atoms with Crippen LogP contribution in [0.25, 0.3) is 11.0 Å². The van der Waals surface area contributed by atoms with Crippen molar-refractivity contribution in [2.45, 2.75) is 32.4 Å². The van der Waals surface area contributed by atoms with Gasteiger partial charge >= 0.3 is 6.09 Å². The Balaban J connectivity index is 1.85. The first-order chi connectivity index (χ1) is 11.7. The number of fused-ring (bicyclic) bond motifs is 2. The number of carbonyl (C=O) groups is 2. The number of aromatic nitrogens is 2. The van der Waals surface area contributed by atoms with E-state index >= 15 is 0 Å². The molecule has 0 fully saturated rings. The summed E-state index contributed by atoms with van der Waals surface area (Å²) < 4.78 is 10.9. The zero-order valence-corrected chi connectivity index (χ0v) is 14.6. The molecule has 0 unspecified atom stereocenters. The van der Waals surface area contributed by atoms with E-state index in [9.17, 15) is 9.59 Å². The number of nitrogens with zero attached hydrogens (tertiary/aromatic N) is 3. The van der Waals surface area contributed by atoms with E-state index in [1.54, 1.807) is 52.3 Å². The fourth-order valence-corrected chi connectivity index (χ4v) is 2.51. The summed E-state index contributed by atoms with van der Waals surface area (Å²) in [6, 6.07) is 2.62. The Morgan fingerprint density at radius 1 is 1.28 bits per heavy atom. The van der Waals surface area contributed by atoms with Gasteiger partial charge in [0.1, 0.15) is 24.0 Å². The number of rotatable bonds is 1. The largest absolute Gasteiger partial charge is 0.489 e. The van der Waals surface area contributed by atoms with Crippen LogP contribution in [0, 0.1) is 0 Å². The molecule has 132 valence electrons. The van der Waals surface area contributed by atoms with E-state index in [1.807, 2.05) is 0 Å². The molecular formula is C17H20N4O4. The lowest BCUT2D eigenvalue weighted by Gasteiger charge is -2.23. The molecule has 2 heterocycles. The summed E-state index contributed by atoms with van der Waals surface area (Å²) in [5, 5.41) is 2.56. The molecule has 0 aliphatic carbocycles. The predicted octanol–water partition coefficient (Wildman–Crippen LogP) is 1.88. The number of amides is 2. The van der Waals surface area contributed by atoms with Gasteiger partial charge in [-0.25, -0.2) is 4.79 Å². The van der Waals surface area contributed by atoms with Crippen LogP contribution < -0.4 is 15.0 Å². The second-order valence-electron chi connectivity index (χ2n) is 6.77. The zero-order chi connectivity index (χ0) is 18.2. The Morgan fingerprint density at radius 3 is 2.56 bits per heavy atom. The van der Waals surface area contributed by atoms with E-state index in [0.29, 0.717) is 22.5 Å². The van der Waals surface area contributed by atoms with E-state index < -0.39 is 17.7 Å². The third kappa shape index (κ3) is 3.62.